The van der Waals surface area contributed by atoms with Crippen LogP contribution in [0.1, 0.15) is 15.9 Å². The molecule has 2 aromatic rings. The zero-order valence-electron chi connectivity index (χ0n) is 13.9. The van der Waals surface area contributed by atoms with Gasteiger partial charge in [0, 0.05) is 4.90 Å². The van der Waals surface area contributed by atoms with Gasteiger partial charge >= 0.3 is 11.9 Å². The third-order valence-corrected chi connectivity index (χ3v) is 4.14. The fourth-order valence-corrected chi connectivity index (χ4v) is 2.44. The maximum Gasteiger partial charge on any atom is 0.337 e. The Balaban J connectivity index is 2.09. The van der Waals surface area contributed by atoms with Crippen molar-refractivity contribution in [3.05, 3.63) is 65.2 Å². The Morgan fingerprint density at radius 1 is 1.08 bits per heavy atom. The molecule has 0 saturated carbocycles. The summed E-state index contributed by atoms with van der Waals surface area (Å²) in [4.78, 5) is 23.9. The summed E-state index contributed by atoms with van der Waals surface area (Å²) in [6, 6.07) is 13.9. The molecule has 0 aliphatic carbocycles. The fourth-order valence-electron chi connectivity index (χ4n) is 2.03. The van der Waals surface area contributed by atoms with Crippen LogP contribution >= 0.6 is 11.8 Å². The van der Waals surface area contributed by atoms with E-state index in [0.29, 0.717) is 16.9 Å². The molecule has 25 heavy (non-hydrogen) atoms. The van der Waals surface area contributed by atoms with Gasteiger partial charge in [-0.2, -0.15) is 0 Å². The Labute approximate surface area is 150 Å². The van der Waals surface area contributed by atoms with E-state index in [1.165, 1.54) is 13.2 Å². The van der Waals surface area contributed by atoms with Crippen molar-refractivity contribution in [1.82, 2.24) is 0 Å². The van der Waals surface area contributed by atoms with E-state index in [0.717, 1.165) is 4.90 Å². The number of benzene rings is 2. The second kappa shape index (κ2) is 8.94. The first-order valence-corrected chi connectivity index (χ1v) is 8.65. The summed E-state index contributed by atoms with van der Waals surface area (Å²) < 4.78 is 10.2. The number of methoxy groups -OCH3 is 1. The second-order valence-corrected chi connectivity index (χ2v) is 5.93. The number of esters is 1. The molecule has 0 aliphatic heterocycles. The van der Waals surface area contributed by atoms with Crippen molar-refractivity contribution in [2.45, 2.75) is 4.90 Å². The standard InChI is InChI=1S/C19H18O5S/c1-23-19(22)14-5-3-13(4-6-14)11-15(18(20)21)12-24-16-7-9-17(25-2)10-8-16/h3-11H,12H2,1-2H3,(H,20,21). The number of carbonyl (C=O) groups excluding carboxylic acids is 1. The molecule has 0 heterocycles. The van der Waals surface area contributed by atoms with E-state index in [1.807, 2.05) is 18.4 Å². The monoisotopic (exact) mass is 358 g/mol. The SMILES string of the molecule is COC(=O)c1ccc(C=C(COc2ccc(SC)cc2)C(=O)O)cc1. The van der Waals surface area contributed by atoms with Gasteiger partial charge in [-0.15, -0.1) is 11.8 Å². The first-order valence-electron chi connectivity index (χ1n) is 7.42. The number of ether oxygens (including phenoxy) is 2. The maximum absolute atomic E-state index is 11.4. The molecule has 1 N–H and O–H groups in total. The molecular formula is C19H18O5S. The van der Waals surface area contributed by atoms with Crippen LogP contribution in [-0.2, 0) is 9.53 Å². The van der Waals surface area contributed by atoms with Gasteiger partial charge in [-0.3, -0.25) is 0 Å². The number of carboxylic acid groups (broad SMARTS) is 1. The quantitative estimate of drug-likeness (QED) is 0.462. The number of hydrogen-bond acceptors (Lipinski definition) is 5. The predicted octanol–water partition coefficient (Wildman–Crippen LogP) is 3.74. The van der Waals surface area contributed by atoms with Crippen LogP contribution in [0, 0.1) is 0 Å². The van der Waals surface area contributed by atoms with Crippen LogP contribution in [0.3, 0.4) is 0 Å². The summed E-state index contributed by atoms with van der Waals surface area (Å²) in [6.07, 6.45) is 3.49. The van der Waals surface area contributed by atoms with Crippen LogP contribution in [0.5, 0.6) is 5.75 Å². The second-order valence-electron chi connectivity index (χ2n) is 5.05. The van der Waals surface area contributed by atoms with E-state index in [1.54, 1.807) is 48.2 Å². The van der Waals surface area contributed by atoms with Crippen LogP contribution in [0.15, 0.2) is 59.0 Å². The van der Waals surface area contributed by atoms with Crippen molar-refractivity contribution < 1.29 is 24.2 Å². The van der Waals surface area contributed by atoms with Crippen LogP contribution in [0.2, 0.25) is 0 Å². The minimum atomic E-state index is -1.06. The molecule has 0 aromatic heterocycles. The molecule has 0 unspecified atom stereocenters. The topological polar surface area (TPSA) is 72.8 Å². The van der Waals surface area contributed by atoms with Gasteiger partial charge < -0.3 is 14.6 Å². The smallest absolute Gasteiger partial charge is 0.337 e. The zero-order valence-corrected chi connectivity index (χ0v) is 14.7. The van der Waals surface area contributed by atoms with Crippen LogP contribution < -0.4 is 4.74 Å². The molecule has 5 nitrogen and oxygen atoms in total. The van der Waals surface area contributed by atoms with Crippen LogP contribution in [0.4, 0.5) is 0 Å². The molecule has 0 aliphatic rings. The zero-order chi connectivity index (χ0) is 18.2. The molecule has 0 bridgehead atoms. The van der Waals surface area contributed by atoms with E-state index in [4.69, 9.17) is 4.74 Å². The molecule has 0 fully saturated rings. The lowest BCUT2D eigenvalue weighted by atomic mass is 10.1. The highest BCUT2D eigenvalue weighted by Gasteiger charge is 2.10. The highest BCUT2D eigenvalue weighted by Crippen LogP contribution is 2.20. The van der Waals surface area contributed by atoms with Crippen molar-refractivity contribution >= 4 is 29.8 Å². The number of aliphatic carboxylic acids is 1. The van der Waals surface area contributed by atoms with Gasteiger partial charge in [0.1, 0.15) is 12.4 Å². The van der Waals surface area contributed by atoms with Gasteiger partial charge in [-0.1, -0.05) is 12.1 Å². The predicted molar refractivity (Wildman–Crippen MR) is 97.1 cm³/mol. The first-order chi connectivity index (χ1) is 12.0. The Kier molecular flexibility index (Phi) is 6.65. The van der Waals surface area contributed by atoms with Gasteiger partial charge in [-0.05, 0) is 54.3 Å². The van der Waals surface area contributed by atoms with Crippen LogP contribution in [0.25, 0.3) is 6.08 Å². The Hall–Kier alpha value is -2.73. The third-order valence-electron chi connectivity index (χ3n) is 3.40. The minimum absolute atomic E-state index is 0.0628. The number of thioether (sulfide) groups is 1. The normalized spacial score (nSPS) is 11.0. The van der Waals surface area contributed by atoms with Crippen molar-refractivity contribution in [3.8, 4) is 5.75 Å². The summed E-state index contributed by atoms with van der Waals surface area (Å²) in [5, 5.41) is 9.35. The highest BCUT2D eigenvalue weighted by atomic mass is 32.2. The van der Waals surface area contributed by atoms with E-state index >= 15 is 0 Å². The van der Waals surface area contributed by atoms with E-state index < -0.39 is 11.9 Å². The summed E-state index contributed by atoms with van der Waals surface area (Å²) in [6.45, 7) is -0.0628. The summed E-state index contributed by atoms with van der Waals surface area (Å²) in [7, 11) is 1.31. The van der Waals surface area contributed by atoms with Gasteiger partial charge in [0.25, 0.3) is 0 Å². The van der Waals surface area contributed by atoms with E-state index in [-0.39, 0.29) is 12.2 Å². The lowest BCUT2D eigenvalue weighted by molar-refractivity contribution is -0.132. The molecule has 0 spiro atoms. The van der Waals surface area contributed by atoms with Gasteiger partial charge in [0.2, 0.25) is 0 Å². The molecule has 0 radical (unpaired) electrons. The molecule has 0 atom stereocenters. The molecule has 2 aromatic carbocycles. The molecule has 2 rings (SSSR count). The summed E-state index contributed by atoms with van der Waals surface area (Å²) >= 11 is 1.62. The van der Waals surface area contributed by atoms with Gasteiger partial charge in [-0.25, -0.2) is 9.59 Å². The Morgan fingerprint density at radius 3 is 2.24 bits per heavy atom. The highest BCUT2D eigenvalue weighted by molar-refractivity contribution is 7.98. The van der Waals surface area contributed by atoms with Crippen LogP contribution in [-0.4, -0.2) is 37.0 Å². The first kappa shape index (κ1) is 18.6. The van der Waals surface area contributed by atoms with Crippen molar-refractivity contribution in [1.29, 1.82) is 0 Å². The molecule has 6 heteroatoms. The van der Waals surface area contributed by atoms with Crippen molar-refractivity contribution in [3.63, 3.8) is 0 Å². The average molecular weight is 358 g/mol. The molecular weight excluding hydrogens is 340 g/mol. The molecule has 0 saturated heterocycles. The van der Waals surface area contributed by atoms with Crippen molar-refractivity contribution in [2.24, 2.45) is 0 Å². The summed E-state index contributed by atoms with van der Waals surface area (Å²) in [5.74, 6) is -0.894. The maximum atomic E-state index is 11.4. The largest absolute Gasteiger partial charge is 0.489 e. The fraction of sp³-hybridized carbons (Fsp3) is 0.158. The lowest BCUT2D eigenvalue weighted by Crippen LogP contribution is -2.10. The Bertz CT molecular complexity index is 763. The van der Waals surface area contributed by atoms with E-state index in [2.05, 4.69) is 4.74 Å². The Morgan fingerprint density at radius 2 is 1.72 bits per heavy atom. The van der Waals surface area contributed by atoms with Gasteiger partial charge in [0.05, 0.1) is 18.2 Å². The minimum Gasteiger partial charge on any atom is -0.489 e. The van der Waals surface area contributed by atoms with Crippen molar-refractivity contribution in [2.75, 3.05) is 20.0 Å². The number of carbonyl (C=O) groups is 2. The number of rotatable bonds is 7. The number of carboxylic acids is 1. The average Bonchev–Trinajstić information content (AvgIpc) is 2.65. The lowest BCUT2D eigenvalue weighted by Gasteiger charge is -2.08. The molecule has 130 valence electrons. The third kappa shape index (κ3) is 5.39. The molecule has 0 amide bonds. The van der Waals surface area contributed by atoms with E-state index in [9.17, 15) is 14.7 Å². The summed E-state index contributed by atoms with van der Waals surface area (Å²) in [5.41, 5.74) is 1.17. The number of hydrogen-bond donors (Lipinski definition) is 1. The van der Waals surface area contributed by atoms with Gasteiger partial charge in [0.15, 0.2) is 0 Å².